The molecule has 2 aromatic carbocycles. The second-order valence-corrected chi connectivity index (χ2v) is 8.34. The normalized spacial score (nSPS) is 16.8. The van der Waals surface area contributed by atoms with E-state index in [2.05, 4.69) is 5.32 Å². The number of likely N-dealkylation sites (tertiary alicyclic amines) is 1. The second kappa shape index (κ2) is 9.99. The number of benzene rings is 2. The summed E-state index contributed by atoms with van der Waals surface area (Å²) in [5.41, 5.74) is 2.84. The fourth-order valence-corrected chi connectivity index (χ4v) is 4.44. The number of hydrogen-bond acceptors (Lipinski definition) is 6. The van der Waals surface area contributed by atoms with E-state index in [1.807, 2.05) is 55.5 Å². The molecule has 2 aliphatic rings. The van der Waals surface area contributed by atoms with E-state index in [0.29, 0.717) is 55.1 Å². The number of imide groups is 1. The zero-order valence-corrected chi connectivity index (χ0v) is 19.7. The first-order valence-corrected chi connectivity index (χ1v) is 11.5. The number of aryl methyl sites for hydroxylation is 1. The van der Waals surface area contributed by atoms with Crippen LogP contribution < -0.4 is 10.1 Å². The summed E-state index contributed by atoms with van der Waals surface area (Å²) >= 11 is 0. The van der Waals surface area contributed by atoms with E-state index in [1.165, 1.54) is 4.90 Å². The van der Waals surface area contributed by atoms with Gasteiger partial charge in [0.1, 0.15) is 11.4 Å². The molecule has 178 valence electrons. The van der Waals surface area contributed by atoms with Gasteiger partial charge in [-0.3, -0.25) is 14.5 Å². The lowest BCUT2D eigenvalue weighted by molar-refractivity contribution is -0.140. The Morgan fingerprint density at radius 2 is 1.76 bits per heavy atom. The number of methoxy groups -OCH3 is 1. The minimum Gasteiger partial charge on any atom is -0.495 e. The van der Waals surface area contributed by atoms with Gasteiger partial charge in [0, 0.05) is 19.1 Å². The molecule has 8 heteroatoms. The number of piperidine rings is 1. The van der Waals surface area contributed by atoms with Crippen LogP contribution in [0.4, 0.5) is 10.5 Å². The Morgan fingerprint density at radius 3 is 2.41 bits per heavy atom. The number of hydrogen-bond donors (Lipinski definition) is 1. The molecule has 0 bridgehead atoms. The lowest BCUT2D eigenvalue weighted by atomic mass is 10.0. The molecule has 2 heterocycles. The highest BCUT2D eigenvalue weighted by molar-refractivity contribution is 6.36. The van der Waals surface area contributed by atoms with Gasteiger partial charge in [0.05, 0.1) is 25.0 Å². The number of rotatable bonds is 6. The van der Waals surface area contributed by atoms with Gasteiger partial charge in [0.15, 0.2) is 0 Å². The van der Waals surface area contributed by atoms with Gasteiger partial charge in [-0.2, -0.15) is 0 Å². The van der Waals surface area contributed by atoms with Gasteiger partial charge in [0.25, 0.3) is 11.8 Å². The summed E-state index contributed by atoms with van der Waals surface area (Å²) in [6, 6.07) is 14.5. The molecule has 0 spiro atoms. The van der Waals surface area contributed by atoms with Crippen molar-refractivity contribution in [1.82, 2.24) is 9.80 Å². The molecule has 1 N–H and O–H groups in total. The average Bonchev–Trinajstić information content (AvgIpc) is 3.09. The van der Waals surface area contributed by atoms with Crippen molar-refractivity contribution in [3.63, 3.8) is 0 Å². The van der Waals surface area contributed by atoms with Crippen LogP contribution in [-0.4, -0.2) is 60.6 Å². The molecule has 34 heavy (non-hydrogen) atoms. The Kier molecular flexibility index (Phi) is 6.86. The number of carbonyl (C=O) groups excluding carboxylic acids is 3. The molecule has 3 amide bonds. The third-order valence-corrected chi connectivity index (χ3v) is 6.15. The first kappa shape index (κ1) is 23.4. The van der Waals surface area contributed by atoms with Gasteiger partial charge >= 0.3 is 6.09 Å². The summed E-state index contributed by atoms with van der Waals surface area (Å²) in [7, 11) is 1.56. The standard InChI is InChI=1S/C26H29N3O5/c1-4-34-26(32)28-14-12-19(13-15-28)29-24(30)22(18-8-6-5-7-9-18)23(25(29)31)27-20-16-17(2)10-11-21(20)33-3/h5-11,16,19,27H,4,12-15H2,1-3H3. The molecule has 0 saturated carbocycles. The molecule has 0 unspecified atom stereocenters. The van der Waals surface area contributed by atoms with E-state index in [9.17, 15) is 14.4 Å². The molecule has 4 rings (SSSR count). The van der Waals surface area contributed by atoms with Crippen LogP contribution in [0.5, 0.6) is 5.75 Å². The maximum absolute atomic E-state index is 13.6. The van der Waals surface area contributed by atoms with Crippen molar-refractivity contribution in [3.05, 3.63) is 65.4 Å². The van der Waals surface area contributed by atoms with Crippen molar-refractivity contribution in [2.75, 3.05) is 32.1 Å². The summed E-state index contributed by atoms with van der Waals surface area (Å²) in [6.07, 6.45) is 0.635. The molecule has 1 saturated heterocycles. The van der Waals surface area contributed by atoms with Crippen molar-refractivity contribution < 1.29 is 23.9 Å². The topological polar surface area (TPSA) is 88.2 Å². The Labute approximate surface area is 199 Å². The SMILES string of the molecule is CCOC(=O)N1CCC(N2C(=O)C(Nc3cc(C)ccc3OC)=C(c3ccccc3)C2=O)CC1. The Morgan fingerprint density at radius 1 is 1.06 bits per heavy atom. The van der Waals surface area contributed by atoms with Gasteiger partial charge in [-0.1, -0.05) is 36.4 Å². The summed E-state index contributed by atoms with van der Waals surface area (Å²) in [5.74, 6) is -0.131. The van der Waals surface area contributed by atoms with Gasteiger partial charge in [-0.05, 0) is 49.9 Å². The summed E-state index contributed by atoms with van der Waals surface area (Å²) in [6.45, 7) is 4.87. The van der Waals surface area contributed by atoms with Gasteiger partial charge in [-0.15, -0.1) is 0 Å². The molecule has 2 aliphatic heterocycles. The first-order chi connectivity index (χ1) is 16.4. The van der Waals surface area contributed by atoms with Crippen LogP contribution in [0.25, 0.3) is 5.57 Å². The molecule has 0 aliphatic carbocycles. The smallest absolute Gasteiger partial charge is 0.409 e. The molecule has 0 atom stereocenters. The van der Waals surface area contributed by atoms with Crippen molar-refractivity contribution in [1.29, 1.82) is 0 Å². The monoisotopic (exact) mass is 463 g/mol. The molecule has 0 radical (unpaired) electrons. The third kappa shape index (κ3) is 4.48. The van der Waals surface area contributed by atoms with E-state index in [1.54, 1.807) is 18.9 Å². The summed E-state index contributed by atoms with van der Waals surface area (Å²) in [4.78, 5) is 42.3. The Balaban J connectivity index is 1.64. The maximum atomic E-state index is 13.6. The molecule has 2 aromatic rings. The van der Waals surface area contributed by atoms with Crippen LogP contribution in [0, 0.1) is 6.92 Å². The quantitative estimate of drug-likeness (QED) is 0.656. The highest BCUT2D eigenvalue weighted by atomic mass is 16.6. The number of ether oxygens (including phenoxy) is 2. The minimum atomic E-state index is -0.373. The lowest BCUT2D eigenvalue weighted by Crippen LogP contribution is -2.49. The number of nitrogens with one attached hydrogen (secondary N) is 1. The van der Waals surface area contributed by atoms with E-state index in [-0.39, 0.29) is 29.6 Å². The summed E-state index contributed by atoms with van der Waals surface area (Å²) < 4.78 is 10.6. The number of nitrogens with zero attached hydrogens (tertiary/aromatic N) is 2. The maximum Gasteiger partial charge on any atom is 0.409 e. The predicted octanol–water partition coefficient (Wildman–Crippen LogP) is 3.82. The predicted molar refractivity (Wildman–Crippen MR) is 128 cm³/mol. The third-order valence-electron chi connectivity index (χ3n) is 6.15. The number of amides is 3. The molecular weight excluding hydrogens is 434 g/mol. The second-order valence-electron chi connectivity index (χ2n) is 8.34. The zero-order valence-electron chi connectivity index (χ0n) is 19.7. The first-order valence-electron chi connectivity index (χ1n) is 11.5. The van der Waals surface area contributed by atoms with Gasteiger partial charge < -0.3 is 19.7 Å². The summed E-state index contributed by atoms with van der Waals surface area (Å²) in [5, 5.41) is 3.20. The van der Waals surface area contributed by atoms with Crippen LogP contribution in [0.1, 0.15) is 30.9 Å². The highest BCUT2D eigenvalue weighted by Crippen LogP contribution is 2.36. The number of carbonyl (C=O) groups is 3. The fourth-order valence-electron chi connectivity index (χ4n) is 4.44. The van der Waals surface area contributed by atoms with Crippen LogP contribution in [0.15, 0.2) is 54.2 Å². The average molecular weight is 464 g/mol. The van der Waals surface area contributed by atoms with Gasteiger partial charge in [-0.25, -0.2) is 4.79 Å². The largest absolute Gasteiger partial charge is 0.495 e. The van der Waals surface area contributed by atoms with Crippen LogP contribution >= 0.6 is 0 Å². The van der Waals surface area contributed by atoms with Crippen LogP contribution in [0.2, 0.25) is 0 Å². The Bertz CT molecular complexity index is 1120. The minimum absolute atomic E-state index is 0.230. The molecule has 0 aromatic heterocycles. The fraction of sp³-hybridized carbons (Fsp3) is 0.346. The Hall–Kier alpha value is -3.81. The zero-order chi connectivity index (χ0) is 24.2. The van der Waals surface area contributed by atoms with E-state index in [0.717, 1.165) is 5.56 Å². The van der Waals surface area contributed by atoms with Gasteiger partial charge in [0.2, 0.25) is 0 Å². The molecule has 8 nitrogen and oxygen atoms in total. The molecular formula is C26H29N3O5. The van der Waals surface area contributed by atoms with E-state index >= 15 is 0 Å². The van der Waals surface area contributed by atoms with E-state index < -0.39 is 0 Å². The lowest BCUT2D eigenvalue weighted by Gasteiger charge is -2.35. The highest BCUT2D eigenvalue weighted by Gasteiger charge is 2.44. The van der Waals surface area contributed by atoms with Crippen molar-refractivity contribution in [2.45, 2.75) is 32.7 Å². The number of anilines is 1. The van der Waals surface area contributed by atoms with E-state index in [4.69, 9.17) is 9.47 Å². The van der Waals surface area contributed by atoms with Crippen LogP contribution in [-0.2, 0) is 14.3 Å². The van der Waals surface area contributed by atoms with Crippen molar-refractivity contribution >= 4 is 29.2 Å². The van der Waals surface area contributed by atoms with Crippen molar-refractivity contribution in [3.8, 4) is 5.75 Å². The van der Waals surface area contributed by atoms with Crippen molar-refractivity contribution in [2.24, 2.45) is 0 Å². The molecule has 1 fully saturated rings. The van der Waals surface area contributed by atoms with Crippen LogP contribution in [0.3, 0.4) is 0 Å².